The van der Waals surface area contributed by atoms with Crippen molar-refractivity contribution in [3.63, 3.8) is 0 Å². The summed E-state index contributed by atoms with van der Waals surface area (Å²) in [6, 6.07) is 10.6. The Balaban J connectivity index is 1.71. The van der Waals surface area contributed by atoms with Gasteiger partial charge in [0.1, 0.15) is 12.1 Å². The largest absolute Gasteiger partial charge is 0.433 e. The quantitative estimate of drug-likeness (QED) is 0.238. The molecule has 0 aliphatic carbocycles. The van der Waals surface area contributed by atoms with Gasteiger partial charge in [0.25, 0.3) is 0 Å². The Labute approximate surface area is 231 Å². The minimum absolute atomic E-state index is 0.105. The molecule has 40 heavy (non-hydrogen) atoms. The number of hydrogen-bond donors (Lipinski definition) is 2. The summed E-state index contributed by atoms with van der Waals surface area (Å²) in [6.45, 7) is 4.50. The number of alkyl halides is 2. The number of hydrogen-bond acceptors (Lipinski definition) is 8. The van der Waals surface area contributed by atoms with Gasteiger partial charge in [0, 0.05) is 49.8 Å². The first-order chi connectivity index (χ1) is 19.2. The number of fused-ring (bicyclic) bond motifs is 1. The van der Waals surface area contributed by atoms with E-state index in [1.807, 2.05) is 53.7 Å². The number of halogens is 2. The molecule has 1 amide bonds. The maximum Gasteiger partial charge on any atom is 0.387 e. The molecule has 0 saturated heterocycles. The van der Waals surface area contributed by atoms with Gasteiger partial charge in [-0.05, 0) is 45.3 Å². The molecule has 0 bridgehead atoms. The van der Waals surface area contributed by atoms with Crippen LogP contribution >= 0.6 is 0 Å². The highest BCUT2D eigenvalue weighted by molar-refractivity contribution is 6.02. The van der Waals surface area contributed by atoms with Crippen LogP contribution in [0.2, 0.25) is 0 Å². The Morgan fingerprint density at radius 1 is 1.12 bits per heavy atom. The minimum Gasteiger partial charge on any atom is -0.433 e. The molecule has 0 spiro atoms. The van der Waals surface area contributed by atoms with E-state index in [0.29, 0.717) is 36.0 Å². The molecule has 4 aromatic rings. The average molecular weight is 551 g/mol. The molecule has 0 saturated carbocycles. The third kappa shape index (κ3) is 6.70. The van der Waals surface area contributed by atoms with Gasteiger partial charge in [-0.25, -0.2) is 9.97 Å². The second-order valence-corrected chi connectivity index (χ2v) is 9.31. The van der Waals surface area contributed by atoms with Crippen LogP contribution in [0.3, 0.4) is 0 Å². The number of nitrogens with zero attached hydrogens (tertiary/aromatic N) is 6. The molecule has 12 heteroatoms. The van der Waals surface area contributed by atoms with E-state index >= 15 is 0 Å². The summed E-state index contributed by atoms with van der Waals surface area (Å²) in [7, 11) is 5.66. The van der Waals surface area contributed by atoms with Crippen molar-refractivity contribution >= 4 is 39.7 Å². The fourth-order valence-corrected chi connectivity index (χ4v) is 4.15. The van der Waals surface area contributed by atoms with Gasteiger partial charge in [-0.3, -0.25) is 9.48 Å². The molecular weight excluding hydrogens is 518 g/mol. The van der Waals surface area contributed by atoms with Crippen LogP contribution in [-0.2, 0) is 11.3 Å². The molecule has 2 aromatic heterocycles. The van der Waals surface area contributed by atoms with E-state index in [2.05, 4.69) is 32.3 Å². The number of ether oxygens (including phenoxy) is 1. The lowest BCUT2D eigenvalue weighted by Gasteiger charge is -2.26. The van der Waals surface area contributed by atoms with Gasteiger partial charge in [0.05, 0.1) is 34.5 Å². The van der Waals surface area contributed by atoms with Gasteiger partial charge in [-0.15, -0.1) is 0 Å². The lowest BCUT2D eigenvalue weighted by atomic mass is 10.1. The Kier molecular flexibility index (Phi) is 8.90. The van der Waals surface area contributed by atoms with Gasteiger partial charge in [0.15, 0.2) is 5.75 Å². The second-order valence-electron chi connectivity index (χ2n) is 9.31. The molecule has 0 fully saturated rings. The molecule has 0 radical (unpaired) electrons. The summed E-state index contributed by atoms with van der Waals surface area (Å²) in [5.74, 6) is -0.197. The maximum atomic E-state index is 13.4. The fourth-order valence-electron chi connectivity index (χ4n) is 4.15. The van der Waals surface area contributed by atoms with Gasteiger partial charge in [0.2, 0.25) is 5.91 Å². The molecule has 0 aliphatic heterocycles. The number of likely N-dealkylation sites (N-methyl/N-ethyl adjacent to an activating group) is 2. The molecule has 0 aliphatic rings. The normalized spacial score (nSPS) is 11.2. The first-order valence-corrected chi connectivity index (χ1v) is 12.7. The van der Waals surface area contributed by atoms with E-state index in [0.717, 1.165) is 29.1 Å². The molecule has 2 heterocycles. The zero-order valence-corrected chi connectivity index (χ0v) is 22.9. The predicted octanol–water partition coefficient (Wildman–Crippen LogP) is 4.98. The van der Waals surface area contributed by atoms with E-state index in [1.165, 1.54) is 18.5 Å². The molecule has 10 nitrogen and oxygen atoms in total. The lowest BCUT2D eigenvalue weighted by molar-refractivity contribution is -0.111. The van der Waals surface area contributed by atoms with Crippen LogP contribution in [0, 0.1) is 0 Å². The zero-order valence-electron chi connectivity index (χ0n) is 22.9. The Bertz CT molecular complexity index is 1510. The first-order valence-electron chi connectivity index (χ1n) is 12.7. The Morgan fingerprint density at radius 2 is 1.93 bits per heavy atom. The molecule has 2 aromatic carbocycles. The van der Waals surface area contributed by atoms with Gasteiger partial charge < -0.3 is 25.2 Å². The second kappa shape index (κ2) is 12.5. The number of aryl methyl sites for hydroxylation is 1. The number of anilines is 4. The highest BCUT2D eigenvalue weighted by Gasteiger charge is 2.19. The number of amides is 1. The van der Waals surface area contributed by atoms with Crippen LogP contribution in [0.15, 0.2) is 61.6 Å². The van der Waals surface area contributed by atoms with Crippen molar-refractivity contribution in [2.24, 2.45) is 0 Å². The number of rotatable bonds is 12. The van der Waals surface area contributed by atoms with Crippen LogP contribution in [-0.4, -0.2) is 71.4 Å². The van der Waals surface area contributed by atoms with E-state index in [9.17, 15) is 13.6 Å². The summed E-state index contributed by atoms with van der Waals surface area (Å²) in [4.78, 5) is 24.7. The average Bonchev–Trinajstić information content (AvgIpc) is 3.35. The van der Waals surface area contributed by atoms with Crippen molar-refractivity contribution in [1.82, 2.24) is 24.6 Å². The summed E-state index contributed by atoms with van der Waals surface area (Å²) in [6.07, 6.45) is 4.32. The summed E-state index contributed by atoms with van der Waals surface area (Å²) in [5.41, 5.74) is 3.56. The van der Waals surface area contributed by atoms with Gasteiger partial charge in [-0.2, -0.15) is 13.9 Å². The molecule has 4 rings (SSSR count). The molecule has 210 valence electrons. The van der Waals surface area contributed by atoms with Crippen LogP contribution in [0.1, 0.15) is 6.92 Å². The number of benzene rings is 2. The van der Waals surface area contributed by atoms with E-state index in [-0.39, 0.29) is 11.4 Å². The summed E-state index contributed by atoms with van der Waals surface area (Å²) in [5, 5.41) is 11.2. The highest BCUT2D eigenvalue weighted by Crippen LogP contribution is 2.39. The third-order valence-electron chi connectivity index (χ3n) is 6.22. The molecule has 0 atom stereocenters. The third-order valence-corrected chi connectivity index (χ3v) is 6.22. The van der Waals surface area contributed by atoms with Crippen molar-refractivity contribution in [2.75, 3.05) is 49.8 Å². The van der Waals surface area contributed by atoms with E-state index in [1.54, 1.807) is 19.3 Å². The smallest absolute Gasteiger partial charge is 0.387 e. The first kappa shape index (κ1) is 28.4. The van der Waals surface area contributed by atoms with Crippen LogP contribution in [0.25, 0.3) is 22.2 Å². The Morgan fingerprint density at radius 3 is 2.62 bits per heavy atom. The van der Waals surface area contributed by atoms with Crippen molar-refractivity contribution in [2.45, 2.75) is 20.1 Å². The predicted molar refractivity (Wildman–Crippen MR) is 153 cm³/mol. The molecular formula is C28H32F2N8O2. The summed E-state index contributed by atoms with van der Waals surface area (Å²) < 4.78 is 33.7. The minimum atomic E-state index is -3.06. The number of aromatic nitrogens is 4. The van der Waals surface area contributed by atoms with Gasteiger partial charge in [-0.1, -0.05) is 12.6 Å². The maximum absolute atomic E-state index is 13.4. The van der Waals surface area contributed by atoms with Crippen molar-refractivity contribution in [3.8, 4) is 17.0 Å². The Hall–Kier alpha value is -4.58. The van der Waals surface area contributed by atoms with Crippen molar-refractivity contribution in [3.05, 3.63) is 61.6 Å². The van der Waals surface area contributed by atoms with Crippen LogP contribution in [0.4, 0.5) is 31.7 Å². The zero-order chi connectivity index (χ0) is 28.8. The number of carbonyl (C=O) groups is 1. The van der Waals surface area contributed by atoms with Crippen LogP contribution in [0.5, 0.6) is 5.75 Å². The van der Waals surface area contributed by atoms with Crippen LogP contribution < -0.4 is 20.3 Å². The van der Waals surface area contributed by atoms with E-state index < -0.39 is 12.5 Å². The lowest BCUT2D eigenvalue weighted by Crippen LogP contribution is -2.29. The standard InChI is InChI=1S/C28H32F2N8O2/c1-6-27(39)35-21-13-22(25(40-28(29)30)15-24(21)37(5)11-10-36(3)4)34-26-14-20(31-17-32-26)18-8-9-23-19(12-18)16-33-38(23)7-2/h6,8-9,12-17,28H,1,7,10-11H2,2-5H3,(H,35,39)(H,31,32,34). The summed E-state index contributed by atoms with van der Waals surface area (Å²) >= 11 is 0. The highest BCUT2D eigenvalue weighted by atomic mass is 19.3. The number of carbonyl (C=O) groups excluding carboxylic acids is 1. The fraction of sp³-hybridized carbons (Fsp3) is 0.286. The topological polar surface area (TPSA) is 100 Å². The van der Waals surface area contributed by atoms with Gasteiger partial charge >= 0.3 is 6.61 Å². The molecule has 2 N–H and O–H groups in total. The van der Waals surface area contributed by atoms with Crippen molar-refractivity contribution in [1.29, 1.82) is 0 Å². The monoisotopic (exact) mass is 550 g/mol. The number of nitrogens with one attached hydrogen (secondary N) is 2. The SMILES string of the molecule is C=CC(=O)Nc1cc(Nc2cc(-c3ccc4c(cnn4CC)c3)ncn2)c(OC(F)F)cc1N(C)CCN(C)C. The van der Waals surface area contributed by atoms with Crippen molar-refractivity contribution < 1.29 is 18.3 Å². The van der Waals surface area contributed by atoms with E-state index in [4.69, 9.17) is 4.74 Å². The molecule has 0 unspecified atom stereocenters.